The SMILES string of the molecule is O=C1Nc2cccc(F)c2SC12CCCC2. The van der Waals surface area contributed by atoms with E-state index in [0.717, 1.165) is 25.7 Å². The van der Waals surface area contributed by atoms with Crippen molar-refractivity contribution in [2.45, 2.75) is 35.3 Å². The number of hydrogen-bond acceptors (Lipinski definition) is 2. The summed E-state index contributed by atoms with van der Waals surface area (Å²) in [4.78, 5) is 12.6. The molecule has 1 aromatic carbocycles. The minimum absolute atomic E-state index is 0.0492. The Morgan fingerprint density at radius 2 is 2.06 bits per heavy atom. The predicted molar refractivity (Wildman–Crippen MR) is 62.1 cm³/mol. The molecule has 0 bridgehead atoms. The summed E-state index contributed by atoms with van der Waals surface area (Å²) < 4.78 is 13.3. The quantitative estimate of drug-likeness (QED) is 0.750. The first kappa shape index (κ1) is 10.1. The highest BCUT2D eigenvalue weighted by Crippen LogP contribution is 2.51. The number of fused-ring (bicyclic) bond motifs is 1. The van der Waals surface area contributed by atoms with Crippen LogP contribution >= 0.6 is 11.8 Å². The molecule has 1 aliphatic carbocycles. The number of carbonyl (C=O) groups is 1. The van der Waals surface area contributed by atoms with Crippen LogP contribution in [-0.2, 0) is 4.79 Å². The van der Waals surface area contributed by atoms with Gasteiger partial charge in [-0.2, -0.15) is 0 Å². The smallest absolute Gasteiger partial charge is 0.241 e. The Morgan fingerprint density at radius 1 is 1.31 bits per heavy atom. The minimum Gasteiger partial charge on any atom is -0.324 e. The van der Waals surface area contributed by atoms with Gasteiger partial charge in [0.05, 0.1) is 15.3 Å². The summed E-state index contributed by atoms with van der Waals surface area (Å²) in [5.74, 6) is -0.179. The fourth-order valence-electron chi connectivity index (χ4n) is 2.46. The van der Waals surface area contributed by atoms with Crippen LogP contribution in [0, 0.1) is 5.82 Å². The topological polar surface area (TPSA) is 29.1 Å². The lowest BCUT2D eigenvalue weighted by atomic mass is 10.1. The van der Waals surface area contributed by atoms with Crippen molar-refractivity contribution in [1.29, 1.82) is 0 Å². The predicted octanol–water partition coefficient (Wildman–Crippen LogP) is 3.18. The van der Waals surface area contributed by atoms with Gasteiger partial charge in [-0.05, 0) is 25.0 Å². The van der Waals surface area contributed by atoms with E-state index in [1.807, 2.05) is 0 Å². The summed E-state index contributed by atoms with van der Waals surface area (Å²) in [6.45, 7) is 0. The highest BCUT2D eigenvalue weighted by Gasteiger charge is 2.45. The number of halogens is 1. The standard InChI is InChI=1S/C12H12FNOS/c13-8-4-3-5-9-10(8)16-12(11(15)14-9)6-1-2-7-12/h3-5H,1-2,6-7H2,(H,14,15). The molecule has 2 nitrogen and oxygen atoms in total. The highest BCUT2D eigenvalue weighted by molar-refractivity contribution is 8.01. The van der Waals surface area contributed by atoms with Gasteiger partial charge in [-0.3, -0.25) is 4.79 Å². The molecular weight excluding hydrogens is 225 g/mol. The van der Waals surface area contributed by atoms with Crippen molar-refractivity contribution in [2.24, 2.45) is 0 Å². The van der Waals surface area contributed by atoms with E-state index in [1.165, 1.54) is 17.8 Å². The van der Waals surface area contributed by atoms with E-state index >= 15 is 0 Å². The molecule has 1 fully saturated rings. The Balaban J connectivity index is 2.06. The van der Waals surface area contributed by atoms with Gasteiger partial charge in [0.2, 0.25) is 5.91 Å². The van der Waals surface area contributed by atoms with Gasteiger partial charge < -0.3 is 5.32 Å². The van der Waals surface area contributed by atoms with Gasteiger partial charge in [-0.1, -0.05) is 18.9 Å². The average Bonchev–Trinajstić information content (AvgIpc) is 2.72. The molecule has 1 aromatic rings. The van der Waals surface area contributed by atoms with Crippen molar-refractivity contribution < 1.29 is 9.18 Å². The van der Waals surface area contributed by atoms with Gasteiger partial charge in [0.25, 0.3) is 0 Å². The molecule has 4 heteroatoms. The zero-order valence-corrected chi connectivity index (χ0v) is 9.57. The van der Waals surface area contributed by atoms with Crippen LogP contribution < -0.4 is 5.32 Å². The molecule has 16 heavy (non-hydrogen) atoms. The van der Waals surface area contributed by atoms with Crippen molar-refractivity contribution in [3.63, 3.8) is 0 Å². The van der Waals surface area contributed by atoms with Gasteiger partial charge in [-0.15, -0.1) is 11.8 Å². The molecule has 1 spiro atoms. The third kappa shape index (κ3) is 1.36. The normalized spacial score (nSPS) is 21.9. The number of rotatable bonds is 0. The molecule has 0 saturated heterocycles. The first-order valence-corrected chi connectivity index (χ1v) is 6.32. The molecule has 1 heterocycles. The van der Waals surface area contributed by atoms with Crippen molar-refractivity contribution in [3.05, 3.63) is 24.0 Å². The summed E-state index contributed by atoms with van der Waals surface area (Å²) in [6.07, 6.45) is 3.84. The average molecular weight is 237 g/mol. The number of hydrogen-bond donors (Lipinski definition) is 1. The number of benzene rings is 1. The Kier molecular flexibility index (Phi) is 2.21. The number of carbonyl (C=O) groups excluding carboxylic acids is 1. The Bertz CT molecular complexity index is 454. The fourth-order valence-corrected chi connectivity index (χ4v) is 3.89. The van der Waals surface area contributed by atoms with Gasteiger partial charge in [0, 0.05) is 0 Å². The molecule has 0 radical (unpaired) electrons. The molecule has 1 aliphatic heterocycles. The van der Waals surface area contributed by atoms with Crippen LogP contribution in [-0.4, -0.2) is 10.7 Å². The second-order valence-electron chi connectivity index (χ2n) is 4.37. The molecule has 2 aliphatic rings. The van der Waals surface area contributed by atoms with E-state index in [1.54, 1.807) is 12.1 Å². The molecule has 0 atom stereocenters. The van der Waals surface area contributed by atoms with Crippen LogP contribution in [0.3, 0.4) is 0 Å². The van der Waals surface area contributed by atoms with Crippen LogP contribution in [0.15, 0.2) is 23.1 Å². The molecular formula is C12H12FNOS. The van der Waals surface area contributed by atoms with Crippen LogP contribution in [0.1, 0.15) is 25.7 Å². The van der Waals surface area contributed by atoms with E-state index in [9.17, 15) is 9.18 Å². The third-order valence-electron chi connectivity index (χ3n) is 3.34. The van der Waals surface area contributed by atoms with Crippen molar-refractivity contribution in [3.8, 4) is 0 Å². The fraction of sp³-hybridized carbons (Fsp3) is 0.417. The van der Waals surface area contributed by atoms with E-state index < -0.39 is 4.75 Å². The lowest BCUT2D eigenvalue weighted by Crippen LogP contribution is -2.40. The maximum absolute atomic E-state index is 13.7. The Hall–Kier alpha value is -1.03. The summed E-state index contributed by atoms with van der Waals surface area (Å²) in [5.41, 5.74) is 0.618. The molecule has 1 N–H and O–H groups in total. The summed E-state index contributed by atoms with van der Waals surface area (Å²) in [6, 6.07) is 4.83. The van der Waals surface area contributed by atoms with Crippen LogP contribution in [0.25, 0.3) is 0 Å². The second kappa shape index (κ2) is 3.48. The van der Waals surface area contributed by atoms with Gasteiger partial charge in [0.1, 0.15) is 5.82 Å². The summed E-state index contributed by atoms with van der Waals surface area (Å²) >= 11 is 1.41. The second-order valence-corrected chi connectivity index (χ2v) is 5.77. The maximum atomic E-state index is 13.7. The zero-order valence-electron chi connectivity index (χ0n) is 8.75. The van der Waals surface area contributed by atoms with Crippen LogP contribution in [0.4, 0.5) is 10.1 Å². The van der Waals surface area contributed by atoms with Crippen LogP contribution in [0.2, 0.25) is 0 Å². The lowest BCUT2D eigenvalue weighted by molar-refractivity contribution is -0.118. The third-order valence-corrected chi connectivity index (χ3v) is 4.94. The van der Waals surface area contributed by atoms with Gasteiger partial charge >= 0.3 is 0 Å². The highest BCUT2D eigenvalue weighted by atomic mass is 32.2. The molecule has 1 saturated carbocycles. The van der Waals surface area contributed by atoms with Crippen molar-refractivity contribution in [1.82, 2.24) is 0 Å². The first-order valence-electron chi connectivity index (χ1n) is 5.50. The molecule has 84 valence electrons. The van der Waals surface area contributed by atoms with Gasteiger partial charge in [-0.25, -0.2) is 4.39 Å². The number of amides is 1. The molecule has 0 unspecified atom stereocenters. The monoisotopic (exact) mass is 237 g/mol. The molecule has 0 aromatic heterocycles. The molecule has 3 rings (SSSR count). The summed E-state index contributed by atoms with van der Waals surface area (Å²) in [7, 11) is 0. The zero-order chi connectivity index (χ0) is 11.2. The lowest BCUT2D eigenvalue weighted by Gasteiger charge is -2.32. The number of nitrogens with one attached hydrogen (secondary N) is 1. The van der Waals surface area contributed by atoms with Crippen molar-refractivity contribution >= 4 is 23.4 Å². The van der Waals surface area contributed by atoms with E-state index in [-0.39, 0.29) is 11.7 Å². The maximum Gasteiger partial charge on any atom is 0.241 e. The molecule has 1 amide bonds. The van der Waals surface area contributed by atoms with E-state index in [2.05, 4.69) is 5.32 Å². The Labute approximate surface area is 97.6 Å². The number of anilines is 1. The van der Waals surface area contributed by atoms with Crippen LogP contribution in [0.5, 0.6) is 0 Å². The summed E-state index contributed by atoms with van der Waals surface area (Å²) in [5, 5.41) is 2.83. The number of thioether (sulfide) groups is 1. The first-order chi connectivity index (χ1) is 7.71. The van der Waals surface area contributed by atoms with E-state index in [4.69, 9.17) is 0 Å². The van der Waals surface area contributed by atoms with Gasteiger partial charge in [0.15, 0.2) is 0 Å². The van der Waals surface area contributed by atoms with Crippen molar-refractivity contribution in [2.75, 3.05) is 5.32 Å². The largest absolute Gasteiger partial charge is 0.324 e. The Morgan fingerprint density at radius 3 is 2.81 bits per heavy atom. The minimum atomic E-state index is -0.408. The van der Waals surface area contributed by atoms with E-state index in [0.29, 0.717) is 10.6 Å².